The smallest absolute Gasteiger partial charge is 0.307 e. The van der Waals surface area contributed by atoms with Crippen LogP contribution in [0.5, 0.6) is 0 Å². The van der Waals surface area contributed by atoms with Gasteiger partial charge in [0.1, 0.15) is 0 Å². The van der Waals surface area contributed by atoms with Gasteiger partial charge in [-0.25, -0.2) is 0 Å². The van der Waals surface area contributed by atoms with Crippen LogP contribution in [0, 0.1) is 0 Å². The number of methoxy groups -OCH3 is 1. The zero-order valence-electron chi connectivity index (χ0n) is 39.7. The lowest BCUT2D eigenvalue weighted by molar-refractivity contribution is -0.184. The number of esters is 2. The Labute approximate surface area is 370 Å². The van der Waals surface area contributed by atoms with E-state index in [1.807, 2.05) is 5.06 Å². The minimum atomic E-state index is -0.659. The van der Waals surface area contributed by atoms with Gasteiger partial charge in [0.15, 0.2) is 0 Å². The average Bonchev–Trinajstić information content (AvgIpc) is 3.23. The SMILES string of the molecule is CCCCCCCCCCCCCCCCCCOC(=O)CC(CC(=O)OCCCCCCCCCCCCCCCCCC)NC(=O)CN1CCN(OCCOC)CC1. The summed E-state index contributed by atoms with van der Waals surface area (Å²) in [5, 5.41) is 4.86. The zero-order valence-corrected chi connectivity index (χ0v) is 39.7. The normalized spacial score (nSPS) is 13.6. The molecule has 0 aliphatic carbocycles. The molecule has 60 heavy (non-hydrogen) atoms. The molecule has 1 heterocycles. The lowest BCUT2D eigenvalue weighted by Crippen LogP contribution is -2.51. The highest BCUT2D eigenvalue weighted by Crippen LogP contribution is 2.16. The van der Waals surface area contributed by atoms with E-state index < -0.39 is 6.04 Å². The van der Waals surface area contributed by atoms with Crippen LogP contribution in [0.4, 0.5) is 0 Å². The van der Waals surface area contributed by atoms with Crippen molar-refractivity contribution >= 4 is 17.8 Å². The monoisotopic (exact) mass is 852 g/mol. The number of rotatable bonds is 45. The molecule has 10 nitrogen and oxygen atoms in total. The average molecular weight is 852 g/mol. The van der Waals surface area contributed by atoms with Gasteiger partial charge in [0.05, 0.1) is 45.8 Å². The Morgan fingerprint density at radius 2 is 0.783 bits per heavy atom. The Balaban J connectivity index is 2.27. The summed E-state index contributed by atoms with van der Waals surface area (Å²) in [4.78, 5) is 46.6. The van der Waals surface area contributed by atoms with Crippen LogP contribution in [0.1, 0.15) is 232 Å². The molecule has 0 bridgehead atoms. The fourth-order valence-corrected chi connectivity index (χ4v) is 8.11. The van der Waals surface area contributed by atoms with Crippen molar-refractivity contribution in [2.24, 2.45) is 0 Å². The van der Waals surface area contributed by atoms with Crippen molar-refractivity contribution in [2.75, 3.05) is 66.3 Å². The van der Waals surface area contributed by atoms with Crippen molar-refractivity contribution in [3.05, 3.63) is 0 Å². The Morgan fingerprint density at radius 3 is 1.12 bits per heavy atom. The van der Waals surface area contributed by atoms with Crippen LogP contribution in [-0.4, -0.2) is 100 Å². The number of hydroxylamine groups is 2. The molecular formula is C50H97N3O7. The number of nitrogens with zero attached hydrogens (tertiary/aromatic N) is 2. The van der Waals surface area contributed by atoms with Crippen molar-refractivity contribution in [2.45, 2.75) is 238 Å². The van der Waals surface area contributed by atoms with Crippen LogP contribution in [-0.2, 0) is 33.4 Å². The maximum Gasteiger partial charge on any atom is 0.307 e. The largest absolute Gasteiger partial charge is 0.466 e. The van der Waals surface area contributed by atoms with Crippen LogP contribution in [0.25, 0.3) is 0 Å². The van der Waals surface area contributed by atoms with Crippen LogP contribution in [0.2, 0.25) is 0 Å². The van der Waals surface area contributed by atoms with Crippen LogP contribution in [0.15, 0.2) is 0 Å². The summed E-state index contributed by atoms with van der Waals surface area (Å²) in [6, 6.07) is -0.659. The number of hydrogen-bond acceptors (Lipinski definition) is 9. The van der Waals surface area contributed by atoms with Gasteiger partial charge in [-0.1, -0.05) is 206 Å². The van der Waals surface area contributed by atoms with Gasteiger partial charge < -0.3 is 19.5 Å². The first kappa shape index (κ1) is 56.3. The summed E-state index contributed by atoms with van der Waals surface area (Å²) in [6.07, 6.45) is 41.3. The Bertz CT molecular complexity index is 910. The highest BCUT2D eigenvalue weighted by molar-refractivity contribution is 5.81. The summed E-state index contributed by atoms with van der Waals surface area (Å²) < 4.78 is 16.2. The molecule has 1 aliphatic heterocycles. The molecular weight excluding hydrogens is 755 g/mol. The van der Waals surface area contributed by atoms with Crippen molar-refractivity contribution in [3.8, 4) is 0 Å². The van der Waals surface area contributed by atoms with Crippen LogP contribution >= 0.6 is 0 Å². The molecule has 0 unspecified atom stereocenters. The van der Waals surface area contributed by atoms with E-state index >= 15 is 0 Å². The molecule has 0 saturated carbocycles. The number of unbranched alkanes of at least 4 members (excludes halogenated alkanes) is 30. The van der Waals surface area contributed by atoms with E-state index in [2.05, 4.69) is 24.1 Å². The lowest BCUT2D eigenvalue weighted by atomic mass is 10.0. The molecule has 1 rings (SSSR count). The molecule has 10 heteroatoms. The van der Waals surface area contributed by atoms with Gasteiger partial charge in [-0.3, -0.25) is 24.1 Å². The van der Waals surface area contributed by atoms with Crippen molar-refractivity contribution in [1.82, 2.24) is 15.3 Å². The van der Waals surface area contributed by atoms with E-state index in [4.69, 9.17) is 19.0 Å². The maximum absolute atomic E-state index is 13.1. The lowest BCUT2D eigenvalue weighted by Gasteiger charge is -2.33. The van der Waals surface area contributed by atoms with Crippen molar-refractivity contribution in [1.29, 1.82) is 0 Å². The molecule has 0 aromatic carbocycles. The highest BCUT2D eigenvalue weighted by atomic mass is 16.7. The number of piperazine rings is 1. The second-order valence-corrected chi connectivity index (χ2v) is 17.8. The van der Waals surface area contributed by atoms with Gasteiger partial charge in [0.25, 0.3) is 0 Å². The summed E-state index contributed by atoms with van der Waals surface area (Å²) in [7, 11) is 1.65. The molecule has 354 valence electrons. The third kappa shape index (κ3) is 38.0. The standard InChI is InChI=1S/C50H97N3O7/c1-4-6-8-10-12-14-16-18-20-22-24-26-28-30-32-34-40-58-49(55)44-47(51-48(54)46-52-36-38-53(39-37-52)60-43-42-57-3)45-50(56)59-41-35-33-31-29-27-25-23-21-19-17-15-13-11-9-7-5-2/h47H,4-46H2,1-3H3,(H,51,54). The van der Waals surface area contributed by atoms with Gasteiger partial charge in [0, 0.05) is 39.3 Å². The first-order chi connectivity index (χ1) is 29.5. The molecule has 0 spiro atoms. The summed E-state index contributed by atoms with van der Waals surface area (Å²) in [6.45, 7) is 9.30. The molecule has 1 N–H and O–H groups in total. The topological polar surface area (TPSA) is 107 Å². The molecule has 0 atom stereocenters. The van der Waals surface area contributed by atoms with Gasteiger partial charge in [-0.15, -0.1) is 0 Å². The first-order valence-corrected chi connectivity index (χ1v) is 25.7. The predicted octanol–water partition coefficient (Wildman–Crippen LogP) is 12.1. The molecule has 1 amide bonds. The van der Waals surface area contributed by atoms with E-state index in [1.54, 1.807) is 7.11 Å². The molecule has 1 saturated heterocycles. The number of hydrogen-bond donors (Lipinski definition) is 1. The second kappa shape index (κ2) is 43.9. The van der Waals surface area contributed by atoms with Crippen LogP contribution < -0.4 is 5.32 Å². The Hall–Kier alpha value is -1.75. The van der Waals surface area contributed by atoms with Gasteiger partial charge in [-0.2, -0.15) is 5.06 Å². The molecule has 0 aromatic heterocycles. The van der Waals surface area contributed by atoms with Crippen molar-refractivity contribution in [3.63, 3.8) is 0 Å². The van der Waals surface area contributed by atoms with Gasteiger partial charge in [0.2, 0.25) is 5.91 Å². The van der Waals surface area contributed by atoms with Gasteiger partial charge >= 0.3 is 11.9 Å². The van der Waals surface area contributed by atoms with Crippen molar-refractivity contribution < 1.29 is 33.4 Å². The van der Waals surface area contributed by atoms with Crippen LogP contribution in [0.3, 0.4) is 0 Å². The summed E-state index contributed by atoms with van der Waals surface area (Å²) in [5.41, 5.74) is 0. The minimum Gasteiger partial charge on any atom is -0.466 e. The second-order valence-electron chi connectivity index (χ2n) is 17.8. The molecule has 1 fully saturated rings. The number of ether oxygens (including phenoxy) is 3. The van der Waals surface area contributed by atoms with E-state index in [0.29, 0.717) is 52.6 Å². The number of carbonyl (C=O) groups is 3. The Morgan fingerprint density at radius 1 is 0.450 bits per heavy atom. The third-order valence-corrected chi connectivity index (χ3v) is 12.0. The number of nitrogens with one attached hydrogen (secondary N) is 1. The van der Waals surface area contributed by atoms with E-state index in [1.165, 1.54) is 167 Å². The maximum atomic E-state index is 13.1. The third-order valence-electron chi connectivity index (χ3n) is 12.0. The summed E-state index contributed by atoms with van der Waals surface area (Å²) >= 11 is 0. The van der Waals surface area contributed by atoms with E-state index in [0.717, 1.165) is 38.5 Å². The van der Waals surface area contributed by atoms with E-state index in [9.17, 15) is 14.4 Å². The fourth-order valence-electron chi connectivity index (χ4n) is 8.11. The first-order valence-electron chi connectivity index (χ1n) is 25.7. The number of carbonyl (C=O) groups excluding carboxylic acids is 3. The molecule has 1 aliphatic rings. The van der Waals surface area contributed by atoms with E-state index in [-0.39, 0.29) is 37.2 Å². The minimum absolute atomic E-state index is 0.0418. The number of amides is 1. The Kier molecular flexibility index (Phi) is 41.2. The highest BCUT2D eigenvalue weighted by Gasteiger charge is 2.24. The molecule has 0 radical (unpaired) electrons. The summed E-state index contributed by atoms with van der Waals surface area (Å²) in [5.74, 6) is -0.965. The fraction of sp³-hybridized carbons (Fsp3) is 0.940. The zero-order chi connectivity index (χ0) is 43.4. The predicted molar refractivity (Wildman–Crippen MR) is 248 cm³/mol. The van der Waals surface area contributed by atoms with Gasteiger partial charge in [-0.05, 0) is 12.8 Å². The quantitative estimate of drug-likeness (QED) is 0.0473. The molecule has 0 aromatic rings.